The van der Waals surface area contributed by atoms with Crippen molar-refractivity contribution in [3.8, 4) is 0 Å². The Morgan fingerprint density at radius 1 is 1.59 bits per heavy atom. The van der Waals surface area contributed by atoms with Crippen LogP contribution in [0.1, 0.15) is 31.1 Å². The fraction of sp³-hybridized carbons (Fsp3) is 0.615. The Kier molecular flexibility index (Phi) is 4.57. The Bertz CT molecular complexity index is 346. The second-order valence-electron chi connectivity index (χ2n) is 4.34. The molecule has 0 atom stereocenters. The predicted octanol–water partition coefficient (Wildman–Crippen LogP) is 2.67. The first kappa shape index (κ1) is 12.6. The van der Waals surface area contributed by atoms with Gasteiger partial charge in [0.15, 0.2) is 0 Å². The van der Waals surface area contributed by atoms with Gasteiger partial charge in [0.2, 0.25) is 0 Å². The summed E-state index contributed by atoms with van der Waals surface area (Å²) < 4.78 is 4.96. The summed E-state index contributed by atoms with van der Waals surface area (Å²) in [7, 11) is 0. The van der Waals surface area contributed by atoms with Crippen LogP contribution in [0.15, 0.2) is 17.5 Å². The van der Waals surface area contributed by atoms with Crippen LogP contribution in [0, 0.1) is 0 Å². The maximum absolute atomic E-state index is 11.3. The number of hydrogen-bond donors (Lipinski definition) is 0. The summed E-state index contributed by atoms with van der Waals surface area (Å²) in [6, 6.07) is 4.92. The van der Waals surface area contributed by atoms with E-state index >= 15 is 0 Å². The van der Waals surface area contributed by atoms with Gasteiger partial charge in [0.05, 0.1) is 13.0 Å². The Morgan fingerprint density at radius 3 is 3.00 bits per heavy atom. The Morgan fingerprint density at radius 2 is 2.41 bits per heavy atom. The number of nitrogens with zero attached hydrogens (tertiary/aromatic N) is 1. The molecule has 0 bridgehead atoms. The average Bonchev–Trinajstić information content (AvgIpc) is 3.03. The van der Waals surface area contributed by atoms with E-state index in [4.69, 9.17) is 4.74 Å². The lowest BCUT2D eigenvalue weighted by Crippen LogP contribution is -2.28. The maximum atomic E-state index is 11.3. The van der Waals surface area contributed by atoms with Crippen LogP contribution in [0.2, 0.25) is 0 Å². The van der Waals surface area contributed by atoms with Crippen molar-refractivity contribution in [1.29, 1.82) is 0 Å². The molecule has 1 heterocycles. The molecule has 94 valence electrons. The Hall–Kier alpha value is -0.870. The minimum Gasteiger partial charge on any atom is -0.466 e. The molecule has 17 heavy (non-hydrogen) atoms. The highest BCUT2D eigenvalue weighted by atomic mass is 32.1. The van der Waals surface area contributed by atoms with E-state index in [1.165, 1.54) is 17.7 Å². The molecular formula is C13H19NO2S. The van der Waals surface area contributed by atoms with Crippen molar-refractivity contribution in [3.63, 3.8) is 0 Å². The van der Waals surface area contributed by atoms with Gasteiger partial charge in [-0.1, -0.05) is 6.07 Å². The van der Waals surface area contributed by atoms with Crippen molar-refractivity contribution in [1.82, 2.24) is 4.90 Å². The molecule has 1 fully saturated rings. The standard InChI is InChI=1S/C13H19NO2S/c1-2-16-13(15)7-8-14(11-5-6-11)10-12-4-3-9-17-12/h3-4,9,11H,2,5-8,10H2,1H3. The van der Waals surface area contributed by atoms with Crippen LogP contribution in [0.3, 0.4) is 0 Å². The zero-order valence-corrected chi connectivity index (χ0v) is 11.0. The van der Waals surface area contributed by atoms with Crippen LogP contribution in [0.4, 0.5) is 0 Å². The van der Waals surface area contributed by atoms with E-state index in [0.29, 0.717) is 19.1 Å². The van der Waals surface area contributed by atoms with Crippen molar-refractivity contribution in [3.05, 3.63) is 22.4 Å². The van der Waals surface area contributed by atoms with Crippen molar-refractivity contribution in [2.24, 2.45) is 0 Å². The first-order valence-corrected chi connectivity index (χ1v) is 7.09. The molecule has 0 unspecified atom stereocenters. The number of thiophene rings is 1. The number of hydrogen-bond acceptors (Lipinski definition) is 4. The van der Waals surface area contributed by atoms with Crippen LogP contribution in [-0.2, 0) is 16.1 Å². The Balaban J connectivity index is 1.79. The van der Waals surface area contributed by atoms with Crippen LogP contribution in [0.25, 0.3) is 0 Å². The molecule has 0 aliphatic heterocycles. The molecule has 1 aromatic rings. The average molecular weight is 253 g/mol. The van der Waals surface area contributed by atoms with Gasteiger partial charge in [-0.2, -0.15) is 0 Å². The molecule has 1 aromatic heterocycles. The second-order valence-corrected chi connectivity index (χ2v) is 5.37. The maximum Gasteiger partial charge on any atom is 0.307 e. The van der Waals surface area contributed by atoms with Crippen LogP contribution >= 0.6 is 11.3 Å². The smallest absolute Gasteiger partial charge is 0.307 e. The summed E-state index contributed by atoms with van der Waals surface area (Å²) in [6.45, 7) is 4.12. The summed E-state index contributed by atoms with van der Waals surface area (Å²) in [6.07, 6.45) is 3.05. The fourth-order valence-corrected chi connectivity index (χ4v) is 2.63. The second kappa shape index (κ2) is 6.17. The molecule has 0 radical (unpaired) electrons. The molecule has 0 amide bonds. The minimum absolute atomic E-state index is 0.0793. The summed E-state index contributed by atoms with van der Waals surface area (Å²) in [5.41, 5.74) is 0. The van der Waals surface area contributed by atoms with E-state index in [0.717, 1.165) is 13.1 Å². The van der Waals surface area contributed by atoms with Crippen molar-refractivity contribution >= 4 is 17.3 Å². The summed E-state index contributed by atoms with van der Waals surface area (Å²) in [5, 5.41) is 2.10. The summed E-state index contributed by atoms with van der Waals surface area (Å²) in [4.78, 5) is 15.1. The number of carbonyl (C=O) groups excluding carboxylic acids is 1. The highest BCUT2D eigenvalue weighted by molar-refractivity contribution is 7.09. The normalized spacial score (nSPS) is 15.2. The highest BCUT2D eigenvalue weighted by Crippen LogP contribution is 2.29. The molecule has 3 nitrogen and oxygen atoms in total. The third-order valence-electron chi connectivity index (χ3n) is 2.91. The van der Waals surface area contributed by atoms with E-state index in [2.05, 4.69) is 22.4 Å². The highest BCUT2D eigenvalue weighted by Gasteiger charge is 2.29. The largest absolute Gasteiger partial charge is 0.466 e. The lowest BCUT2D eigenvalue weighted by Gasteiger charge is -2.20. The van der Waals surface area contributed by atoms with Gasteiger partial charge < -0.3 is 4.74 Å². The van der Waals surface area contributed by atoms with Gasteiger partial charge in [-0.15, -0.1) is 11.3 Å². The molecular weight excluding hydrogens is 234 g/mol. The first-order valence-electron chi connectivity index (χ1n) is 6.21. The number of ether oxygens (including phenoxy) is 1. The molecule has 2 rings (SSSR count). The van der Waals surface area contributed by atoms with Crippen molar-refractivity contribution < 1.29 is 9.53 Å². The molecule has 1 aliphatic rings. The van der Waals surface area contributed by atoms with Crippen LogP contribution < -0.4 is 0 Å². The molecule has 0 saturated heterocycles. The molecule has 1 saturated carbocycles. The lowest BCUT2D eigenvalue weighted by atomic mass is 10.3. The van der Waals surface area contributed by atoms with E-state index in [1.807, 2.05) is 6.92 Å². The molecule has 0 spiro atoms. The lowest BCUT2D eigenvalue weighted by molar-refractivity contribution is -0.143. The zero-order chi connectivity index (χ0) is 12.1. The number of rotatable bonds is 7. The zero-order valence-electron chi connectivity index (χ0n) is 10.2. The molecule has 4 heteroatoms. The van der Waals surface area contributed by atoms with Gasteiger partial charge in [0.1, 0.15) is 0 Å². The van der Waals surface area contributed by atoms with E-state index in [9.17, 15) is 4.79 Å². The molecule has 0 N–H and O–H groups in total. The summed E-state index contributed by atoms with van der Waals surface area (Å²) in [5.74, 6) is -0.0793. The summed E-state index contributed by atoms with van der Waals surface area (Å²) >= 11 is 1.78. The number of esters is 1. The topological polar surface area (TPSA) is 29.5 Å². The monoisotopic (exact) mass is 253 g/mol. The van der Waals surface area contributed by atoms with Crippen LogP contribution in [-0.4, -0.2) is 30.1 Å². The van der Waals surface area contributed by atoms with Gasteiger partial charge in [-0.3, -0.25) is 9.69 Å². The molecule has 1 aliphatic carbocycles. The van der Waals surface area contributed by atoms with E-state index in [-0.39, 0.29) is 5.97 Å². The Labute approximate surface area is 106 Å². The van der Waals surface area contributed by atoms with Crippen molar-refractivity contribution in [2.75, 3.05) is 13.2 Å². The quantitative estimate of drug-likeness (QED) is 0.700. The van der Waals surface area contributed by atoms with Gasteiger partial charge in [-0.25, -0.2) is 0 Å². The van der Waals surface area contributed by atoms with Crippen LogP contribution in [0.5, 0.6) is 0 Å². The van der Waals surface area contributed by atoms with Gasteiger partial charge in [0, 0.05) is 24.0 Å². The van der Waals surface area contributed by atoms with E-state index in [1.54, 1.807) is 11.3 Å². The predicted molar refractivity (Wildman–Crippen MR) is 69.0 cm³/mol. The van der Waals surface area contributed by atoms with E-state index < -0.39 is 0 Å². The molecule has 0 aromatic carbocycles. The third kappa shape index (κ3) is 4.13. The van der Waals surface area contributed by atoms with Gasteiger partial charge in [-0.05, 0) is 31.2 Å². The first-order chi connectivity index (χ1) is 8.29. The third-order valence-corrected chi connectivity index (χ3v) is 3.77. The minimum atomic E-state index is -0.0793. The SMILES string of the molecule is CCOC(=O)CCN(Cc1cccs1)C1CC1. The number of carbonyl (C=O) groups is 1. The fourth-order valence-electron chi connectivity index (χ4n) is 1.90. The van der Waals surface area contributed by atoms with Gasteiger partial charge in [0.25, 0.3) is 0 Å². The van der Waals surface area contributed by atoms with Gasteiger partial charge >= 0.3 is 5.97 Å². The van der Waals surface area contributed by atoms with Crippen molar-refractivity contribution in [2.45, 2.75) is 38.8 Å².